The lowest BCUT2D eigenvalue weighted by Gasteiger charge is -2.29. The molecule has 1 fully saturated rings. The van der Waals surface area contributed by atoms with E-state index in [9.17, 15) is 0 Å². The summed E-state index contributed by atoms with van der Waals surface area (Å²) in [5.74, 6) is 0.785. The lowest BCUT2D eigenvalue weighted by Crippen LogP contribution is -2.36. The molecule has 0 radical (unpaired) electrons. The summed E-state index contributed by atoms with van der Waals surface area (Å²) in [5.41, 5.74) is 5.39. The minimum atomic E-state index is 0.779. The van der Waals surface area contributed by atoms with E-state index in [0.29, 0.717) is 0 Å². The monoisotopic (exact) mass is 383 g/mol. The molecule has 6 heteroatoms. The predicted molar refractivity (Wildman–Crippen MR) is 116 cm³/mol. The number of pyridine rings is 1. The number of nitrogens with one attached hydrogen (secondary N) is 1. The van der Waals surface area contributed by atoms with Gasteiger partial charge in [-0.25, -0.2) is 9.97 Å². The Kier molecular flexibility index (Phi) is 4.76. The molecule has 2 aromatic carbocycles. The highest BCUT2D eigenvalue weighted by Crippen LogP contribution is 2.30. The number of nitrogens with zero attached hydrogens (tertiary/aromatic N) is 4. The second kappa shape index (κ2) is 7.85. The Labute approximate surface area is 169 Å². The Morgan fingerprint density at radius 2 is 1.69 bits per heavy atom. The molecule has 0 atom stereocenters. The fourth-order valence-corrected chi connectivity index (χ4v) is 3.61. The topological polar surface area (TPSA) is 63.2 Å². The van der Waals surface area contributed by atoms with Crippen LogP contribution in [0.4, 0.5) is 17.2 Å². The molecule has 0 amide bonds. The van der Waals surface area contributed by atoms with Crippen LogP contribution >= 0.6 is 0 Å². The Morgan fingerprint density at radius 1 is 0.862 bits per heavy atom. The number of anilines is 3. The van der Waals surface area contributed by atoms with Gasteiger partial charge in [-0.05, 0) is 47.5 Å². The van der Waals surface area contributed by atoms with Crippen LogP contribution in [-0.4, -0.2) is 41.3 Å². The number of morpholine rings is 1. The average Bonchev–Trinajstić information content (AvgIpc) is 2.80. The van der Waals surface area contributed by atoms with Crippen LogP contribution in [0.25, 0.3) is 22.0 Å². The highest BCUT2D eigenvalue weighted by Gasteiger charge is 2.12. The van der Waals surface area contributed by atoms with Crippen LogP contribution in [0.5, 0.6) is 0 Å². The number of fused-ring (bicyclic) bond motifs is 1. The third-order valence-corrected chi connectivity index (χ3v) is 5.13. The molecule has 1 N–H and O–H groups in total. The van der Waals surface area contributed by atoms with Crippen LogP contribution < -0.4 is 10.2 Å². The first kappa shape index (κ1) is 17.6. The predicted octanol–water partition coefficient (Wildman–Crippen LogP) is 4.27. The molecule has 2 aromatic heterocycles. The molecular formula is C23H21N5O. The van der Waals surface area contributed by atoms with E-state index in [1.54, 1.807) is 18.7 Å². The van der Waals surface area contributed by atoms with Crippen molar-refractivity contribution in [3.05, 3.63) is 73.3 Å². The van der Waals surface area contributed by atoms with Gasteiger partial charge < -0.3 is 15.0 Å². The molecule has 0 saturated carbocycles. The second-order valence-corrected chi connectivity index (χ2v) is 6.96. The van der Waals surface area contributed by atoms with Crippen molar-refractivity contribution < 1.29 is 4.74 Å². The molecule has 3 heterocycles. The summed E-state index contributed by atoms with van der Waals surface area (Å²) in [7, 11) is 0. The van der Waals surface area contributed by atoms with Crippen molar-refractivity contribution in [1.82, 2.24) is 15.0 Å². The van der Waals surface area contributed by atoms with E-state index < -0.39 is 0 Å². The van der Waals surface area contributed by atoms with Crippen LogP contribution in [0.3, 0.4) is 0 Å². The van der Waals surface area contributed by atoms with Gasteiger partial charge in [0, 0.05) is 42.2 Å². The summed E-state index contributed by atoms with van der Waals surface area (Å²) < 4.78 is 5.48. The first-order valence-corrected chi connectivity index (χ1v) is 9.72. The van der Waals surface area contributed by atoms with Gasteiger partial charge in [0.15, 0.2) is 0 Å². The molecule has 29 heavy (non-hydrogen) atoms. The first-order valence-electron chi connectivity index (χ1n) is 9.72. The minimum Gasteiger partial charge on any atom is -0.378 e. The van der Waals surface area contributed by atoms with Gasteiger partial charge in [-0.2, -0.15) is 0 Å². The van der Waals surface area contributed by atoms with Gasteiger partial charge in [0.05, 0.1) is 18.7 Å². The van der Waals surface area contributed by atoms with E-state index in [4.69, 9.17) is 4.74 Å². The highest BCUT2D eigenvalue weighted by molar-refractivity contribution is 5.94. The first-order chi connectivity index (χ1) is 14.4. The molecule has 1 saturated heterocycles. The summed E-state index contributed by atoms with van der Waals surface area (Å²) in [6, 6.07) is 18.8. The van der Waals surface area contributed by atoms with Crippen LogP contribution in [0.15, 0.2) is 73.3 Å². The normalized spacial score (nSPS) is 14.1. The molecule has 4 aromatic rings. The van der Waals surface area contributed by atoms with E-state index in [0.717, 1.165) is 54.3 Å². The number of hydrogen-bond donors (Lipinski definition) is 1. The van der Waals surface area contributed by atoms with Gasteiger partial charge in [-0.15, -0.1) is 0 Å². The van der Waals surface area contributed by atoms with E-state index in [1.807, 2.05) is 18.2 Å². The van der Waals surface area contributed by atoms with Crippen molar-refractivity contribution in [2.75, 3.05) is 36.5 Å². The smallest absolute Gasteiger partial charge is 0.141 e. The average molecular weight is 383 g/mol. The number of benzene rings is 2. The van der Waals surface area contributed by atoms with Crippen LogP contribution in [0.2, 0.25) is 0 Å². The van der Waals surface area contributed by atoms with E-state index in [-0.39, 0.29) is 0 Å². The summed E-state index contributed by atoms with van der Waals surface area (Å²) in [5, 5.41) is 4.36. The van der Waals surface area contributed by atoms with Crippen molar-refractivity contribution in [3.8, 4) is 11.1 Å². The summed E-state index contributed by atoms with van der Waals surface area (Å²) in [6.45, 7) is 3.41. The zero-order valence-corrected chi connectivity index (χ0v) is 16.0. The van der Waals surface area contributed by atoms with Crippen molar-refractivity contribution in [1.29, 1.82) is 0 Å². The molecule has 0 bridgehead atoms. The van der Waals surface area contributed by atoms with E-state index >= 15 is 0 Å². The lowest BCUT2D eigenvalue weighted by molar-refractivity contribution is 0.122. The third kappa shape index (κ3) is 3.75. The van der Waals surface area contributed by atoms with Crippen LogP contribution in [0.1, 0.15) is 0 Å². The van der Waals surface area contributed by atoms with E-state index in [2.05, 4.69) is 61.6 Å². The zero-order chi connectivity index (χ0) is 19.5. The number of rotatable bonds is 4. The standard InChI is InChI=1S/C23H21N5O/c1-2-17(14-20(3-1)28-10-12-29-13-11-28)18-4-5-22-21(15-18)23(26-16-25-22)27-19-6-8-24-9-7-19/h1-9,14-16H,10-13H2,(H,24,25,26,27). The molecule has 6 nitrogen and oxygen atoms in total. The quantitative estimate of drug-likeness (QED) is 0.568. The molecule has 1 aliphatic heterocycles. The van der Waals surface area contributed by atoms with Gasteiger partial charge >= 0.3 is 0 Å². The highest BCUT2D eigenvalue weighted by atomic mass is 16.5. The van der Waals surface area contributed by atoms with Crippen molar-refractivity contribution >= 4 is 28.1 Å². The summed E-state index contributed by atoms with van der Waals surface area (Å²) >= 11 is 0. The van der Waals surface area contributed by atoms with Crippen LogP contribution in [0, 0.1) is 0 Å². The summed E-state index contributed by atoms with van der Waals surface area (Å²) in [4.78, 5) is 15.3. The Hall–Kier alpha value is -3.51. The molecule has 0 unspecified atom stereocenters. The van der Waals surface area contributed by atoms with Gasteiger partial charge in [0.25, 0.3) is 0 Å². The lowest BCUT2D eigenvalue weighted by atomic mass is 10.0. The van der Waals surface area contributed by atoms with Crippen LogP contribution in [-0.2, 0) is 4.74 Å². The van der Waals surface area contributed by atoms with Crippen molar-refractivity contribution in [3.63, 3.8) is 0 Å². The maximum Gasteiger partial charge on any atom is 0.141 e. The Bertz CT molecular complexity index is 1130. The maximum atomic E-state index is 5.48. The third-order valence-electron chi connectivity index (χ3n) is 5.13. The Balaban J connectivity index is 1.52. The zero-order valence-electron chi connectivity index (χ0n) is 16.0. The van der Waals surface area contributed by atoms with Gasteiger partial charge in [-0.3, -0.25) is 4.98 Å². The maximum absolute atomic E-state index is 5.48. The SMILES string of the molecule is c1cc(-c2ccc3ncnc(Nc4ccncc4)c3c2)cc(N2CCOCC2)c1. The molecular weight excluding hydrogens is 362 g/mol. The van der Waals surface area contributed by atoms with Crippen molar-refractivity contribution in [2.24, 2.45) is 0 Å². The molecule has 144 valence electrons. The molecule has 0 aliphatic carbocycles. The van der Waals surface area contributed by atoms with Gasteiger partial charge in [-0.1, -0.05) is 18.2 Å². The number of hydrogen-bond acceptors (Lipinski definition) is 6. The second-order valence-electron chi connectivity index (χ2n) is 6.96. The van der Waals surface area contributed by atoms with Gasteiger partial charge in [0.1, 0.15) is 12.1 Å². The Morgan fingerprint density at radius 3 is 2.55 bits per heavy atom. The number of ether oxygens (including phenoxy) is 1. The largest absolute Gasteiger partial charge is 0.378 e. The van der Waals surface area contributed by atoms with Gasteiger partial charge in [0.2, 0.25) is 0 Å². The molecule has 5 rings (SSSR count). The molecule has 1 aliphatic rings. The molecule has 0 spiro atoms. The fourth-order valence-electron chi connectivity index (χ4n) is 3.61. The summed E-state index contributed by atoms with van der Waals surface area (Å²) in [6.07, 6.45) is 5.10. The van der Waals surface area contributed by atoms with Crippen molar-refractivity contribution in [2.45, 2.75) is 0 Å². The number of aromatic nitrogens is 3. The van der Waals surface area contributed by atoms with E-state index in [1.165, 1.54) is 11.3 Å². The minimum absolute atomic E-state index is 0.779. The fraction of sp³-hybridized carbons (Fsp3) is 0.174.